The molecule has 10 heteroatoms. The Labute approximate surface area is 169 Å². The van der Waals surface area contributed by atoms with Crippen LogP contribution in [0.3, 0.4) is 0 Å². The first-order valence-electron chi connectivity index (χ1n) is 8.62. The van der Waals surface area contributed by atoms with Crippen LogP contribution in [0.1, 0.15) is 10.4 Å². The van der Waals surface area contributed by atoms with E-state index in [1.54, 1.807) is 29.3 Å². The quantitative estimate of drug-likeness (QED) is 0.681. The molecule has 0 saturated carbocycles. The molecule has 0 N–H and O–H groups in total. The highest BCUT2D eigenvalue weighted by molar-refractivity contribution is 7.89. The Bertz CT molecular complexity index is 944. The number of carbonyl (C=O) groups is 1. The van der Waals surface area contributed by atoms with Crippen molar-refractivity contribution >= 4 is 33.3 Å². The topological polar surface area (TPSA) is 83.0 Å². The summed E-state index contributed by atoms with van der Waals surface area (Å²) in [4.78, 5) is 25.7. The molecule has 1 fully saturated rings. The molecule has 0 radical (unpaired) electrons. The van der Waals surface area contributed by atoms with E-state index in [0.717, 1.165) is 10.3 Å². The molecule has 0 unspecified atom stereocenters. The number of rotatable bonds is 5. The van der Waals surface area contributed by atoms with Crippen molar-refractivity contribution in [2.24, 2.45) is 0 Å². The second kappa shape index (κ2) is 8.44. The number of hydrogen-bond acceptors (Lipinski definition) is 6. The molecular weight excluding hydrogens is 404 g/mol. The average Bonchev–Trinajstić information content (AvgIpc) is 2.73. The van der Waals surface area contributed by atoms with Crippen LogP contribution < -0.4 is 4.90 Å². The van der Waals surface area contributed by atoms with Crippen molar-refractivity contribution in [1.29, 1.82) is 0 Å². The van der Waals surface area contributed by atoms with Crippen molar-refractivity contribution in [3.05, 3.63) is 53.2 Å². The number of piperazine rings is 1. The number of amides is 1. The first-order valence-corrected chi connectivity index (χ1v) is 10.4. The first-order chi connectivity index (χ1) is 13.3. The van der Waals surface area contributed by atoms with Crippen molar-refractivity contribution in [1.82, 2.24) is 14.4 Å². The number of halogens is 1. The largest absolute Gasteiger partial charge is 0.353 e. The highest BCUT2D eigenvalue weighted by atomic mass is 35.5. The van der Waals surface area contributed by atoms with Gasteiger partial charge in [-0.2, -0.15) is 0 Å². The molecule has 1 aromatic carbocycles. The van der Waals surface area contributed by atoms with Crippen molar-refractivity contribution < 1.29 is 18.0 Å². The summed E-state index contributed by atoms with van der Waals surface area (Å²) in [5.74, 6) is 0.605. The number of sulfonamides is 1. The van der Waals surface area contributed by atoms with Crippen molar-refractivity contribution in [2.45, 2.75) is 4.90 Å². The van der Waals surface area contributed by atoms with Crippen LogP contribution in [0.25, 0.3) is 0 Å². The number of hydrogen-bond donors (Lipinski definition) is 0. The molecule has 28 heavy (non-hydrogen) atoms. The van der Waals surface area contributed by atoms with E-state index < -0.39 is 10.0 Å². The summed E-state index contributed by atoms with van der Waals surface area (Å²) in [6, 6.07) is 9.61. The predicted octanol–water partition coefficient (Wildman–Crippen LogP) is 1.88. The molecule has 1 aliphatic rings. The number of carbonyl (C=O) groups excluding carboxylic acids is 1. The summed E-state index contributed by atoms with van der Waals surface area (Å²) in [5, 5.41) is 0.575. The third-order valence-corrected chi connectivity index (χ3v) is 6.48. The molecule has 0 atom stereocenters. The Hall–Kier alpha value is -2.20. The van der Waals surface area contributed by atoms with Gasteiger partial charge in [-0.3, -0.25) is 9.63 Å². The van der Waals surface area contributed by atoms with Crippen molar-refractivity contribution in [3.63, 3.8) is 0 Å². The second-order valence-electron chi connectivity index (χ2n) is 6.24. The summed E-state index contributed by atoms with van der Waals surface area (Å²) in [5.41, 5.74) is 0.323. The lowest BCUT2D eigenvalue weighted by Gasteiger charge is -2.35. The molecule has 150 valence electrons. The van der Waals surface area contributed by atoms with Gasteiger partial charge in [0.15, 0.2) is 0 Å². The van der Waals surface area contributed by atoms with Gasteiger partial charge in [-0.1, -0.05) is 22.1 Å². The highest BCUT2D eigenvalue weighted by Crippen LogP contribution is 2.19. The number of nitrogens with zero attached hydrogens (tertiary/aromatic N) is 4. The van der Waals surface area contributed by atoms with E-state index in [1.165, 1.54) is 26.3 Å². The van der Waals surface area contributed by atoms with Gasteiger partial charge in [0.05, 0.1) is 17.0 Å². The van der Waals surface area contributed by atoms with Gasteiger partial charge in [-0.05, 0) is 30.3 Å². The number of pyridine rings is 1. The number of hydroxylamine groups is 1. The summed E-state index contributed by atoms with van der Waals surface area (Å²) in [6.07, 6.45) is 1.59. The molecule has 3 rings (SSSR count). The molecule has 1 aliphatic heterocycles. The maximum Gasteiger partial charge on any atom is 0.264 e. The SMILES string of the molecule is CON(C)S(=O)(=O)c1cccc(C(=O)N2CCN(c3ccc(Cl)cn3)CC2)c1. The lowest BCUT2D eigenvalue weighted by Crippen LogP contribution is -2.49. The van der Waals surface area contributed by atoms with Gasteiger partial charge in [-0.25, -0.2) is 13.4 Å². The van der Waals surface area contributed by atoms with Crippen LogP contribution in [-0.4, -0.2) is 69.0 Å². The predicted molar refractivity (Wildman–Crippen MR) is 106 cm³/mol. The van der Waals surface area contributed by atoms with E-state index in [9.17, 15) is 13.2 Å². The Kier molecular flexibility index (Phi) is 6.19. The number of aromatic nitrogens is 1. The fourth-order valence-corrected chi connectivity index (χ4v) is 4.04. The Morgan fingerprint density at radius 3 is 2.50 bits per heavy atom. The fraction of sp³-hybridized carbons (Fsp3) is 0.333. The van der Waals surface area contributed by atoms with E-state index in [1.807, 2.05) is 6.07 Å². The van der Waals surface area contributed by atoms with E-state index >= 15 is 0 Å². The summed E-state index contributed by atoms with van der Waals surface area (Å²) < 4.78 is 25.5. The highest BCUT2D eigenvalue weighted by Gasteiger charge is 2.25. The van der Waals surface area contributed by atoms with E-state index in [2.05, 4.69) is 9.88 Å². The molecule has 2 heterocycles. The normalized spacial score (nSPS) is 15.1. The zero-order chi connectivity index (χ0) is 20.3. The Balaban J connectivity index is 1.70. The third kappa shape index (κ3) is 4.27. The van der Waals surface area contributed by atoms with Crippen LogP contribution in [0.5, 0.6) is 0 Å². The second-order valence-corrected chi connectivity index (χ2v) is 8.61. The standard InChI is InChI=1S/C18H21ClN4O4S/c1-21(27-2)28(25,26)16-5-3-4-14(12-16)18(24)23-10-8-22(9-11-23)17-7-6-15(19)13-20-17/h3-7,12-13H,8-11H2,1-2H3. The van der Waals surface area contributed by atoms with Gasteiger partial charge in [0, 0.05) is 45.0 Å². The monoisotopic (exact) mass is 424 g/mol. The molecule has 1 saturated heterocycles. The van der Waals surface area contributed by atoms with Crippen LogP contribution in [0.2, 0.25) is 5.02 Å². The van der Waals surface area contributed by atoms with Crippen molar-refractivity contribution in [2.75, 3.05) is 45.2 Å². The van der Waals surface area contributed by atoms with Gasteiger partial charge < -0.3 is 9.80 Å². The maximum absolute atomic E-state index is 12.8. The maximum atomic E-state index is 12.8. The Morgan fingerprint density at radius 2 is 1.89 bits per heavy atom. The van der Waals surface area contributed by atoms with Gasteiger partial charge in [0.1, 0.15) is 5.82 Å². The van der Waals surface area contributed by atoms with Crippen LogP contribution in [-0.2, 0) is 14.9 Å². The molecule has 0 bridgehead atoms. The van der Waals surface area contributed by atoms with Gasteiger partial charge in [0.25, 0.3) is 15.9 Å². The molecule has 2 aromatic rings. The molecule has 0 spiro atoms. The van der Waals surface area contributed by atoms with Crippen LogP contribution in [0.4, 0.5) is 5.82 Å². The lowest BCUT2D eigenvalue weighted by molar-refractivity contribution is -0.0258. The smallest absolute Gasteiger partial charge is 0.264 e. The molecule has 1 amide bonds. The lowest BCUT2D eigenvalue weighted by atomic mass is 10.2. The number of benzene rings is 1. The zero-order valence-electron chi connectivity index (χ0n) is 15.6. The van der Waals surface area contributed by atoms with E-state index in [0.29, 0.717) is 36.8 Å². The molecule has 0 aliphatic carbocycles. The van der Waals surface area contributed by atoms with Crippen LogP contribution in [0, 0.1) is 0 Å². The zero-order valence-corrected chi connectivity index (χ0v) is 17.2. The summed E-state index contributed by atoms with van der Waals surface area (Å²) in [7, 11) is -1.25. The molecule has 1 aromatic heterocycles. The minimum Gasteiger partial charge on any atom is -0.353 e. The first kappa shape index (κ1) is 20.5. The molecule has 8 nitrogen and oxygen atoms in total. The molecular formula is C18H21ClN4O4S. The van der Waals surface area contributed by atoms with Crippen LogP contribution in [0.15, 0.2) is 47.5 Å². The van der Waals surface area contributed by atoms with Gasteiger partial charge in [0.2, 0.25) is 0 Å². The van der Waals surface area contributed by atoms with Gasteiger partial charge >= 0.3 is 0 Å². The average molecular weight is 425 g/mol. The minimum atomic E-state index is -3.81. The van der Waals surface area contributed by atoms with E-state index in [-0.39, 0.29) is 10.8 Å². The van der Waals surface area contributed by atoms with E-state index in [4.69, 9.17) is 16.4 Å². The van der Waals surface area contributed by atoms with Crippen molar-refractivity contribution in [3.8, 4) is 0 Å². The summed E-state index contributed by atoms with van der Waals surface area (Å²) >= 11 is 5.87. The summed E-state index contributed by atoms with van der Waals surface area (Å²) in [6.45, 7) is 2.28. The third-order valence-electron chi connectivity index (χ3n) is 4.58. The van der Waals surface area contributed by atoms with Crippen LogP contribution >= 0.6 is 11.6 Å². The van der Waals surface area contributed by atoms with Gasteiger partial charge in [-0.15, -0.1) is 0 Å². The Morgan fingerprint density at radius 1 is 1.18 bits per heavy atom. The minimum absolute atomic E-state index is 0.00620. The fourth-order valence-electron chi connectivity index (χ4n) is 2.91. The number of anilines is 1.